The minimum Gasteiger partial charge on any atom is -0.349 e. The molecule has 16 heavy (non-hydrogen) atoms. The Hall–Kier alpha value is -0.870. The molecule has 0 spiro atoms. The standard InChI is InChI=1S/C10H9Cl2F2NO/c1-5-2-8(14)6(3-7(5)13)10(16)15-4-9(11)12/h2-3,9H,4H2,1H3,(H,15,16). The van der Waals surface area contributed by atoms with Crippen LogP contribution in [0.25, 0.3) is 0 Å². The lowest BCUT2D eigenvalue weighted by atomic mass is 10.1. The Kier molecular flexibility index (Phi) is 4.50. The third kappa shape index (κ3) is 3.32. The molecule has 1 aromatic rings. The SMILES string of the molecule is Cc1cc(F)c(C(=O)NCC(Cl)Cl)cc1F. The van der Waals surface area contributed by atoms with Crippen molar-refractivity contribution in [2.45, 2.75) is 11.8 Å². The van der Waals surface area contributed by atoms with E-state index >= 15 is 0 Å². The predicted octanol–water partition coefficient (Wildman–Crippen LogP) is 2.81. The fourth-order valence-electron chi connectivity index (χ4n) is 1.09. The number of nitrogens with one attached hydrogen (secondary N) is 1. The van der Waals surface area contributed by atoms with Crippen LogP contribution in [0.1, 0.15) is 15.9 Å². The largest absolute Gasteiger partial charge is 0.349 e. The molecule has 0 saturated heterocycles. The lowest BCUT2D eigenvalue weighted by Crippen LogP contribution is -2.28. The molecular weight excluding hydrogens is 259 g/mol. The van der Waals surface area contributed by atoms with Crippen molar-refractivity contribution in [3.8, 4) is 0 Å². The van der Waals surface area contributed by atoms with E-state index in [0.29, 0.717) is 0 Å². The van der Waals surface area contributed by atoms with E-state index in [1.807, 2.05) is 0 Å². The summed E-state index contributed by atoms with van der Waals surface area (Å²) in [5, 5.41) is 2.28. The van der Waals surface area contributed by atoms with Gasteiger partial charge >= 0.3 is 0 Å². The summed E-state index contributed by atoms with van der Waals surface area (Å²) >= 11 is 10.8. The molecule has 0 aliphatic carbocycles. The zero-order valence-corrected chi connectivity index (χ0v) is 9.87. The van der Waals surface area contributed by atoms with Crippen molar-refractivity contribution in [1.29, 1.82) is 0 Å². The first-order valence-electron chi connectivity index (χ1n) is 4.44. The molecule has 0 aliphatic rings. The van der Waals surface area contributed by atoms with Crippen LogP contribution in [0.2, 0.25) is 0 Å². The number of carbonyl (C=O) groups is 1. The van der Waals surface area contributed by atoms with Gasteiger partial charge < -0.3 is 5.32 Å². The van der Waals surface area contributed by atoms with Gasteiger partial charge in [0.1, 0.15) is 16.5 Å². The highest BCUT2D eigenvalue weighted by Crippen LogP contribution is 2.14. The van der Waals surface area contributed by atoms with Gasteiger partial charge in [0, 0.05) is 6.54 Å². The number of hydrogen-bond donors (Lipinski definition) is 1. The first-order chi connectivity index (χ1) is 7.41. The van der Waals surface area contributed by atoms with Gasteiger partial charge in [-0.05, 0) is 24.6 Å². The fourth-order valence-corrected chi connectivity index (χ4v) is 1.24. The van der Waals surface area contributed by atoms with Crippen LogP contribution in [0.3, 0.4) is 0 Å². The highest BCUT2D eigenvalue weighted by molar-refractivity contribution is 6.44. The maximum Gasteiger partial charge on any atom is 0.254 e. The summed E-state index contributed by atoms with van der Waals surface area (Å²) < 4.78 is 26.4. The number of rotatable bonds is 3. The van der Waals surface area contributed by atoms with Crippen LogP contribution in [0.4, 0.5) is 8.78 Å². The van der Waals surface area contributed by atoms with Crippen LogP contribution in [0.5, 0.6) is 0 Å². The smallest absolute Gasteiger partial charge is 0.254 e. The Balaban J connectivity index is 2.87. The molecule has 1 rings (SSSR count). The lowest BCUT2D eigenvalue weighted by molar-refractivity contribution is 0.0950. The van der Waals surface area contributed by atoms with Crippen molar-refractivity contribution < 1.29 is 13.6 Å². The maximum absolute atomic E-state index is 13.3. The first-order valence-corrected chi connectivity index (χ1v) is 5.31. The molecule has 0 fully saturated rings. The van der Waals surface area contributed by atoms with Gasteiger partial charge in [-0.2, -0.15) is 0 Å². The molecule has 0 aliphatic heterocycles. The summed E-state index contributed by atoms with van der Waals surface area (Å²) in [6.07, 6.45) is 0. The second-order valence-corrected chi connectivity index (χ2v) is 4.46. The van der Waals surface area contributed by atoms with E-state index in [-0.39, 0.29) is 17.7 Å². The molecule has 88 valence electrons. The van der Waals surface area contributed by atoms with Crippen molar-refractivity contribution in [3.05, 3.63) is 34.9 Å². The van der Waals surface area contributed by atoms with Gasteiger partial charge in [-0.1, -0.05) is 0 Å². The van der Waals surface area contributed by atoms with Gasteiger partial charge in [0.15, 0.2) is 0 Å². The second-order valence-electron chi connectivity index (χ2n) is 3.18. The van der Waals surface area contributed by atoms with Crippen LogP contribution in [-0.2, 0) is 0 Å². The van der Waals surface area contributed by atoms with Gasteiger partial charge in [-0.3, -0.25) is 4.79 Å². The Morgan fingerprint density at radius 1 is 1.38 bits per heavy atom. The van der Waals surface area contributed by atoms with E-state index in [1.165, 1.54) is 6.92 Å². The van der Waals surface area contributed by atoms with E-state index in [1.54, 1.807) is 0 Å². The lowest BCUT2D eigenvalue weighted by Gasteiger charge is -2.07. The Bertz CT molecular complexity index is 410. The van der Waals surface area contributed by atoms with Crippen molar-refractivity contribution in [2.75, 3.05) is 6.54 Å². The number of hydrogen-bond acceptors (Lipinski definition) is 1. The first kappa shape index (κ1) is 13.2. The van der Waals surface area contributed by atoms with Crippen molar-refractivity contribution >= 4 is 29.1 Å². The normalized spacial score (nSPS) is 10.6. The predicted molar refractivity (Wildman–Crippen MR) is 58.9 cm³/mol. The van der Waals surface area contributed by atoms with Gasteiger partial charge in [0.25, 0.3) is 5.91 Å². The maximum atomic E-state index is 13.3. The molecule has 6 heteroatoms. The molecule has 0 atom stereocenters. The zero-order chi connectivity index (χ0) is 12.3. The van der Waals surface area contributed by atoms with Crippen molar-refractivity contribution in [1.82, 2.24) is 5.32 Å². The van der Waals surface area contributed by atoms with Gasteiger partial charge in [-0.15, -0.1) is 23.2 Å². The molecule has 1 amide bonds. The van der Waals surface area contributed by atoms with E-state index < -0.39 is 22.4 Å². The number of carbonyl (C=O) groups excluding carboxylic acids is 1. The topological polar surface area (TPSA) is 29.1 Å². The molecule has 0 heterocycles. The minimum absolute atomic E-state index is 0.0309. The summed E-state index contributed by atoms with van der Waals surface area (Å²) in [5.74, 6) is -2.17. The molecule has 0 radical (unpaired) electrons. The molecule has 1 aromatic carbocycles. The highest BCUT2D eigenvalue weighted by Gasteiger charge is 2.15. The van der Waals surface area contributed by atoms with E-state index in [2.05, 4.69) is 5.32 Å². The second kappa shape index (κ2) is 5.46. The highest BCUT2D eigenvalue weighted by atomic mass is 35.5. The van der Waals surface area contributed by atoms with Gasteiger partial charge in [0.2, 0.25) is 0 Å². The number of benzene rings is 1. The van der Waals surface area contributed by atoms with Crippen molar-refractivity contribution in [2.24, 2.45) is 0 Å². The molecule has 0 aromatic heterocycles. The third-order valence-electron chi connectivity index (χ3n) is 1.91. The molecule has 0 unspecified atom stereocenters. The number of amides is 1. The Morgan fingerprint density at radius 3 is 2.56 bits per heavy atom. The number of alkyl halides is 2. The number of halogens is 4. The quantitative estimate of drug-likeness (QED) is 0.839. The van der Waals surface area contributed by atoms with Gasteiger partial charge in [-0.25, -0.2) is 8.78 Å². The average molecular weight is 268 g/mol. The molecule has 1 N–H and O–H groups in total. The van der Waals surface area contributed by atoms with Crippen LogP contribution in [0, 0.1) is 18.6 Å². The molecule has 2 nitrogen and oxygen atoms in total. The van der Waals surface area contributed by atoms with Crippen LogP contribution in [-0.4, -0.2) is 17.3 Å². The molecule has 0 saturated carbocycles. The van der Waals surface area contributed by atoms with Crippen LogP contribution >= 0.6 is 23.2 Å². The summed E-state index contributed by atoms with van der Waals surface area (Å²) in [6, 6.07) is 1.81. The van der Waals surface area contributed by atoms with Crippen LogP contribution in [0.15, 0.2) is 12.1 Å². The van der Waals surface area contributed by atoms with E-state index in [4.69, 9.17) is 23.2 Å². The molecular formula is C10H9Cl2F2NO. The molecule has 0 bridgehead atoms. The number of aryl methyl sites for hydroxylation is 1. The minimum atomic E-state index is -0.790. The zero-order valence-electron chi connectivity index (χ0n) is 8.36. The Labute approximate surface area is 102 Å². The summed E-state index contributed by atoms with van der Waals surface area (Å²) in [5.41, 5.74) is -0.223. The van der Waals surface area contributed by atoms with Crippen molar-refractivity contribution in [3.63, 3.8) is 0 Å². The van der Waals surface area contributed by atoms with Crippen LogP contribution < -0.4 is 5.32 Å². The van der Waals surface area contributed by atoms with E-state index in [9.17, 15) is 13.6 Å². The fraction of sp³-hybridized carbons (Fsp3) is 0.300. The van der Waals surface area contributed by atoms with E-state index in [0.717, 1.165) is 12.1 Å². The summed E-state index contributed by atoms with van der Waals surface area (Å²) in [7, 11) is 0. The summed E-state index contributed by atoms with van der Waals surface area (Å²) in [4.78, 5) is 10.6. The monoisotopic (exact) mass is 267 g/mol. The summed E-state index contributed by atoms with van der Waals surface area (Å²) in [6.45, 7) is 1.38. The Morgan fingerprint density at radius 2 is 2.00 bits per heavy atom. The van der Waals surface area contributed by atoms with Gasteiger partial charge in [0.05, 0.1) is 5.56 Å². The average Bonchev–Trinajstić information content (AvgIpc) is 2.20. The third-order valence-corrected chi connectivity index (χ3v) is 2.22.